The molecule has 3 heteroatoms. The van der Waals surface area contributed by atoms with Crippen LogP contribution in [0.25, 0.3) is 0 Å². The largest absolute Gasteiger partial charge is 0.329 e. The van der Waals surface area contributed by atoms with Gasteiger partial charge in [0.1, 0.15) is 0 Å². The van der Waals surface area contributed by atoms with Crippen LogP contribution in [0.4, 0.5) is 0 Å². The Morgan fingerprint density at radius 1 is 1.64 bits per heavy atom. The predicted molar refractivity (Wildman–Crippen MR) is 45.0 cm³/mol. The molecule has 0 saturated carbocycles. The second kappa shape index (κ2) is 3.46. The van der Waals surface area contributed by atoms with E-state index in [0.29, 0.717) is 6.54 Å². The summed E-state index contributed by atoms with van der Waals surface area (Å²) in [6, 6.07) is 3.75. The molecule has 1 rings (SSSR count). The lowest BCUT2D eigenvalue weighted by molar-refractivity contribution is 0.705. The van der Waals surface area contributed by atoms with Gasteiger partial charge in [0, 0.05) is 12.7 Å². The molecule has 4 N–H and O–H groups in total. The van der Waals surface area contributed by atoms with Gasteiger partial charge in [-0.3, -0.25) is 4.98 Å². The van der Waals surface area contributed by atoms with E-state index in [0.717, 1.165) is 11.3 Å². The molecule has 11 heavy (non-hydrogen) atoms. The summed E-state index contributed by atoms with van der Waals surface area (Å²) in [6.07, 6.45) is 1.73. The van der Waals surface area contributed by atoms with Crippen LogP contribution in [0.2, 0.25) is 0 Å². The first-order chi connectivity index (χ1) is 5.25. The van der Waals surface area contributed by atoms with Crippen molar-refractivity contribution in [3.05, 3.63) is 29.6 Å². The van der Waals surface area contributed by atoms with E-state index in [2.05, 4.69) is 4.98 Å². The van der Waals surface area contributed by atoms with E-state index in [9.17, 15) is 0 Å². The Hall–Kier alpha value is -0.930. The highest BCUT2D eigenvalue weighted by molar-refractivity contribution is 5.20. The SMILES string of the molecule is Cc1cccnc1C(N)CN. The fourth-order valence-corrected chi connectivity index (χ4v) is 0.998. The standard InChI is InChI=1S/C8H13N3/c1-6-3-2-4-11-8(6)7(10)5-9/h2-4,7H,5,9-10H2,1H3. The van der Waals surface area contributed by atoms with Gasteiger partial charge in [-0.15, -0.1) is 0 Å². The van der Waals surface area contributed by atoms with Gasteiger partial charge in [-0.25, -0.2) is 0 Å². The predicted octanol–water partition coefficient (Wildman–Crippen LogP) is 0.349. The van der Waals surface area contributed by atoms with Crippen LogP contribution in [0.5, 0.6) is 0 Å². The Morgan fingerprint density at radius 3 is 2.91 bits per heavy atom. The third kappa shape index (κ3) is 1.76. The van der Waals surface area contributed by atoms with Crippen molar-refractivity contribution >= 4 is 0 Å². The molecular weight excluding hydrogens is 138 g/mol. The third-order valence-electron chi connectivity index (χ3n) is 1.66. The van der Waals surface area contributed by atoms with E-state index in [1.165, 1.54) is 0 Å². The summed E-state index contributed by atoms with van der Waals surface area (Å²) < 4.78 is 0. The average Bonchev–Trinajstić information content (AvgIpc) is 2.04. The number of rotatable bonds is 2. The number of hydrogen-bond acceptors (Lipinski definition) is 3. The fraction of sp³-hybridized carbons (Fsp3) is 0.375. The molecule has 0 aromatic carbocycles. The summed E-state index contributed by atoms with van der Waals surface area (Å²) in [5.74, 6) is 0. The van der Waals surface area contributed by atoms with Crippen molar-refractivity contribution in [3.63, 3.8) is 0 Å². The van der Waals surface area contributed by atoms with Crippen molar-refractivity contribution in [3.8, 4) is 0 Å². The van der Waals surface area contributed by atoms with Crippen LogP contribution >= 0.6 is 0 Å². The second-order valence-corrected chi connectivity index (χ2v) is 2.55. The van der Waals surface area contributed by atoms with Crippen LogP contribution in [0.1, 0.15) is 17.3 Å². The van der Waals surface area contributed by atoms with Crippen molar-refractivity contribution < 1.29 is 0 Å². The lowest BCUT2D eigenvalue weighted by Crippen LogP contribution is -2.22. The second-order valence-electron chi connectivity index (χ2n) is 2.55. The molecule has 0 bridgehead atoms. The van der Waals surface area contributed by atoms with Crippen molar-refractivity contribution in [2.45, 2.75) is 13.0 Å². The Labute approximate surface area is 66.4 Å². The van der Waals surface area contributed by atoms with Crippen molar-refractivity contribution in [2.75, 3.05) is 6.54 Å². The first kappa shape index (κ1) is 8.17. The first-order valence-electron chi connectivity index (χ1n) is 3.63. The maximum Gasteiger partial charge on any atom is 0.0612 e. The van der Waals surface area contributed by atoms with Gasteiger partial charge in [-0.05, 0) is 18.6 Å². The Morgan fingerprint density at radius 2 is 2.36 bits per heavy atom. The highest BCUT2D eigenvalue weighted by Crippen LogP contribution is 2.09. The van der Waals surface area contributed by atoms with Gasteiger partial charge in [0.05, 0.1) is 11.7 Å². The van der Waals surface area contributed by atoms with E-state index in [-0.39, 0.29) is 6.04 Å². The van der Waals surface area contributed by atoms with E-state index in [1.54, 1.807) is 6.20 Å². The van der Waals surface area contributed by atoms with Crippen LogP contribution < -0.4 is 11.5 Å². The maximum absolute atomic E-state index is 5.71. The molecule has 1 atom stereocenters. The smallest absolute Gasteiger partial charge is 0.0612 e. The van der Waals surface area contributed by atoms with Crippen LogP contribution in [0, 0.1) is 6.92 Å². The summed E-state index contributed by atoms with van der Waals surface area (Å²) in [6.45, 7) is 2.43. The number of aromatic nitrogens is 1. The molecule has 0 fully saturated rings. The summed E-state index contributed by atoms with van der Waals surface area (Å²) in [4.78, 5) is 4.14. The van der Waals surface area contributed by atoms with Gasteiger partial charge in [0.2, 0.25) is 0 Å². The minimum Gasteiger partial charge on any atom is -0.329 e. The van der Waals surface area contributed by atoms with Gasteiger partial charge < -0.3 is 11.5 Å². The minimum absolute atomic E-state index is 0.129. The number of nitrogens with two attached hydrogens (primary N) is 2. The molecule has 60 valence electrons. The first-order valence-corrected chi connectivity index (χ1v) is 3.63. The lowest BCUT2D eigenvalue weighted by Gasteiger charge is -2.09. The highest BCUT2D eigenvalue weighted by atomic mass is 14.8. The third-order valence-corrected chi connectivity index (χ3v) is 1.66. The van der Waals surface area contributed by atoms with Crippen LogP contribution in [-0.4, -0.2) is 11.5 Å². The van der Waals surface area contributed by atoms with Crippen molar-refractivity contribution in [1.29, 1.82) is 0 Å². The normalized spacial score (nSPS) is 13.0. The zero-order valence-corrected chi connectivity index (χ0v) is 6.62. The summed E-state index contributed by atoms with van der Waals surface area (Å²) in [5, 5.41) is 0. The molecular formula is C8H13N3. The molecule has 1 unspecified atom stereocenters. The summed E-state index contributed by atoms with van der Waals surface area (Å²) in [7, 11) is 0. The zero-order chi connectivity index (χ0) is 8.27. The fourth-order valence-electron chi connectivity index (χ4n) is 0.998. The summed E-state index contributed by atoms with van der Waals surface area (Å²) in [5.41, 5.74) is 13.1. The Balaban J connectivity index is 2.93. The lowest BCUT2D eigenvalue weighted by atomic mass is 10.1. The molecule has 3 nitrogen and oxygen atoms in total. The Kier molecular flexibility index (Phi) is 2.57. The number of hydrogen-bond donors (Lipinski definition) is 2. The number of pyridine rings is 1. The maximum atomic E-state index is 5.71. The van der Waals surface area contributed by atoms with Crippen molar-refractivity contribution in [1.82, 2.24) is 4.98 Å². The molecule has 0 amide bonds. The van der Waals surface area contributed by atoms with Crippen LogP contribution in [0.3, 0.4) is 0 Å². The molecule has 0 saturated heterocycles. The average molecular weight is 151 g/mol. The van der Waals surface area contributed by atoms with Gasteiger partial charge in [0.25, 0.3) is 0 Å². The topological polar surface area (TPSA) is 64.9 Å². The number of aryl methyl sites for hydroxylation is 1. The van der Waals surface area contributed by atoms with Gasteiger partial charge in [-0.1, -0.05) is 6.07 Å². The minimum atomic E-state index is -0.129. The quantitative estimate of drug-likeness (QED) is 0.641. The number of nitrogens with zero attached hydrogens (tertiary/aromatic N) is 1. The molecule has 1 aromatic heterocycles. The molecule has 0 radical (unpaired) electrons. The van der Waals surface area contributed by atoms with Crippen molar-refractivity contribution in [2.24, 2.45) is 11.5 Å². The molecule has 0 aliphatic carbocycles. The van der Waals surface area contributed by atoms with E-state index in [4.69, 9.17) is 11.5 Å². The zero-order valence-electron chi connectivity index (χ0n) is 6.62. The molecule has 0 aliphatic rings. The van der Waals surface area contributed by atoms with E-state index < -0.39 is 0 Å². The van der Waals surface area contributed by atoms with Gasteiger partial charge >= 0.3 is 0 Å². The molecule has 0 spiro atoms. The van der Waals surface area contributed by atoms with E-state index >= 15 is 0 Å². The molecule has 1 heterocycles. The Bertz CT molecular complexity index is 235. The highest BCUT2D eigenvalue weighted by Gasteiger charge is 2.06. The monoisotopic (exact) mass is 151 g/mol. The molecule has 1 aromatic rings. The van der Waals surface area contributed by atoms with Crippen LogP contribution in [-0.2, 0) is 0 Å². The molecule has 0 aliphatic heterocycles. The van der Waals surface area contributed by atoms with E-state index in [1.807, 2.05) is 19.1 Å². The summed E-state index contributed by atoms with van der Waals surface area (Å²) >= 11 is 0. The van der Waals surface area contributed by atoms with Gasteiger partial charge in [-0.2, -0.15) is 0 Å². The van der Waals surface area contributed by atoms with Gasteiger partial charge in [0.15, 0.2) is 0 Å². The van der Waals surface area contributed by atoms with Crippen LogP contribution in [0.15, 0.2) is 18.3 Å².